The van der Waals surface area contributed by atoms with Crippen molar-refractivity contribution < 1.29 is 18.0 Å². The quantitative estimate of drug-likeness (QED) is 0.845. The Hall–Kier alpha value is -2.68. The van der Waals surface area contributed by atoms with Gasteiger partial charge in [0.1, 0.15) is 0 Å². The Kier molecular flexibility index (Phi) is 4.82. The summed E-state index contributed by atoms with van der Waals surface area (Å²) in [6.45, 7) is 3.20. The van der Waals surface area contributed by atoms with Gasteiger partial charge in [-0.15, -0.1) is 0 Å². The van der Waals surface area contributed by atoms with E-state index in [9.17, 15) is 18.0 Å². The Bertz CT molecular complexity index is 965. The lowest BCUT2D eigenvalue weighted by molar-refractivity contribution is -0.114. The first-order valence-corrected chi connectivity index (χ1v) is 10.0. The van der Waals surface area contributed by atoms with E-state index in [0.29, 0.717) is 17.8 Å². The number of carbonyl (C=O) groups is 2. The average Bonchev–Trinajstić information content (AvgIpc) is 3.09. The zero-order valence-electron chi connectivity index (χ0n) is 14.5. The van der Waals surface area contributed by atoms with E-state index in [1.807, 2.05) is 0 Å². The largest absolute Gasteiger partial charge is 0.326 e. The highest BCUT2D eigenvalue weighted by atomic mass is 32.2. The van der Waals surface area contributed by atoms with Gasteiger partial charge < -0.3 is 10.6 Å². The number of rotatable bonds is 4. The molecule has 1 unspecified atom stereocenters. The van der Waals surface area contributed by atoms with Crippen molar-refractivity contribution in [3.8, 4) is 0 Å². The van der Waals surface area contributed by atoms with Crippen LogP contribution in [0.5, 0.6) is 0 Å². The molecule has 0 aliphatic carbocycles. The van der Waals surface area contributed by atoms with Crippen molar-refractivity contribution in [2.24, 2.45) is 0 Å². The molecule has 1 aromatic heterocycles. The number of hydrogen-bond acceptors (Lipinski definition) is 5. The van der Waals surface area contributed by atoms with Crippen LogP contribution in [0.1, 0.15) is 35.6 Å². The van der Waals surface area contributed by atoms with Crippen molar-refractivity contribution in [2.75, 3.05) is 22.1 Å². The minimum Gasteiger partial charge on any atom is -0.326 e. The van der Waals surface area contributed by atoms with Crippen LogP contribution in [0.4, 0.5) is 11.4 Å². The molecule has 0 bridgehead atoms. The van der Waals surface area contributed by atoms with E-state index in [4.69, 9.17) is 0 Å². The van der Waals surface area contributed by atoms with Crippen molar-refractivity contribution in [3.05, 3.63) is 41.7 Å². The number of sulfone groups is 1. The summed E-state index contributed by atoms with van der Waals surface area (Å²) in [5.74, 6) is -0.397. The van der Waals surface area contributed by atoms with Gasteiger partial charge in [-0.3, -0.25) is 14.3 Å². The Morgan fingerprint density at radius 2 is 1.88 bits per heavy atom. The summed E-state index contributed by atoms with van der Waals surface area (Å²) in [6.07, 6.45) is 0.505. The van der Waals surface area contributed by atoms with E-state index >= 15 is 0 Å². The number of anilines is 2. The minimum absolute atomic E-state index is 0.0509. The summed E-state index contributed by atoms with van der Waals surface area (Å²) in [5.41, 5.74) is 2.06. The van der Waals surface area contributed by atoms with Crippen LogP contribution in [0.15, 0.2) is 30.3 Å². The molecule has 1 aliphatic heterocycles. The fourth-order valence-electron chi connectivity index (χ4n) is 3.01. The number of aryl methyl sites for hydroxylation is 1. The maximum absolute atomic E-state index is 12.5. The average molecular weight is 376 g/mol. The first-order valence-electron chi connectivity index (χ1n) is 8.19. The van der Waals surface area contributed by atoms with Crippen molar-refractivity contribution in [3.63, 3.8) is 0 Å². The lowest BCUT2D eigenvalue weighted by atomic mass is 10.2. The van der Waals surface area contributed by atoms with E-state index in [1.165, 1.54) is 6.92 Å². The molecular weight excluding hydrogens is 356 g/mol. The highest BCUT2D eigenvalue weighted by Crippen LogP contribution is 2.25. The van der Waals surface area contributed by atoms with Crippen molar-refractivity contribution in [1.29, 1.82) is 0 Å². The van der Waals surface area contributed by atoms with Gasteiger partial charge in [0.2, 0.25) is 5.91 Å². The molecule has 1 saturated heterocycles. The molecule has 2 heterocycles. The number of nitrogens with one attached hydrogen (secondary N) is 2. The summed E-state index contributed by atoms with van der Waals surface area (Å²) in [4.78, 5) is 23.6. The number of amides is 2. The Labute approximate surface area is 151 Å². The second kappa shape index (κ2) is 6.91. The topological polar surface area (TPSA) is 110 Å². The zero-order valence-corrected chi connectivity index (χ0v) is 15.3. The van der Waals surface area contributed by atoms with E-state index < -0.39 is 15.7 Å². The first kappa shape index (κ1) is 18.1. The van der Waals surface area contributed by atoms with Crippen LogP contribution in [0.25, 0.3) is 0 Å². The predicted molar refractivity (Wildman–Crippen MR) is 98.0 cm³/mol. The van der Waals surface area contributed by atoms with Gasteiger partial charge in [0.15, 0.2) is 15.5 Å². The molecule has 1 atom stereocenters. The molecule has 0 spiro atoms. The molecule has 26 heavy (non-hydrogen) atoms. The van der Waals surface area contributed by atoms with Crippen LogP contribution in [0, 0.1) is 6.92 Å². The maximum Gasteiger partial charge on any atom is 0.276 e. The summed E-state index contributed by atoms with van der Waals surface area (Å²) in [5, 5.41) is 9.68. The van der Waals surface area contributed by atoms with Crippen LogP contribution in [0.3, 0.4) is 0 Å². The number of carbonyl (C=O) groups excluding carboxylic acids is 2. The summed E-state index contributed by atoms with van der Waals surface area (Å²) >= 11 is 0. The Morgan fingerprint density at radius 1 is 1.19 bits per heavy atom. The van der Waals surface area contributed by atoms with E-state index in [2.05, 4.69) is 15.7 Å². The smallest absolute Gasteiger partial charge is 0.276 e. The molecule has 1 fully saturated rings. The fourth-order valence-corrected chi connectivity index (χ4v) is 4.70. The second-order valence-electron chi connectivity index (χ2n) is 6.39. The Morgan fingerprint density at radius 3 is 2.50 bits per heavy atom. The fraction of sp³-hybridized carbons (Fsp3) is 0.353. The van der Waals surface area contributed by atoms with Gasteiger partial charge in [-0.2, -0.15) is 5.10 Å². The molecule has 2 N–H and O–H groups in total. The molecule has 0 radical (unpaired) electrons. The number of benzene rings is 1. The third kappa shape index (κ3) is 4.10. The molecule has 1 aromatic carbocycles. The SMILES string of the molecule is CC(=O)Nc1cccc(NC(=O)c2cc(C)n(C3CCS(=O)(=O)C3)n2)c1. The Balaban J connectivity index is 1.75. The number of nitrogens with zero attached hydrogens (tertiary/aromatic N) is 2. The van der Waals surface area contributed by atoms with Gasteiger partial charge in [-0.05, 0) is 37.6 Å². The molecule has 9 heteroatoms. The van der Waals surface area contributed by atoms with Gasteiger partial charge in [-0.25, -0.2) is 8.42 Å². The van der Waals surface area contributed by atoms with E-state index in [1.54, 1.807) is 41.9 Å². The standard InChI is InChI=1S/C17H20N4O4S/c1-11-8-16(20-21(11)15-6-7-26(24,25)10-15)17(23)19-14-5-3-4-13(9-14)18-12(2)22/h3-5,8-9,15H,6-7,10H2,1-2H3,(H,18,22)(H,19,23). The van der Waals surface area contributed by atoms with Gasteiger partial charge in [0.05, 0.1) is 17.5 Å². The second-order valence-corrected chi connectivity index (χ2v) is 8.62. The summed E-state index contributed by atoms with van der Waals surface area (Å²) in [6, 6.07) is 8.19. The van der Waals surface area contributed by atoms with Crippen LogP contribution in [0.2, 0.25) is 0 Å². The number of hydrogen-bond donors (Lipinski definition) is 2. The van der Waals surface area contributed by atoms with Crippen molar-refractivity contribution in [2.45, 2.75) is 26.3 Å². The lowest BCUT2D eigenvalue weighted by Crippen LogP contribution is -2.16. The molecule has 8 nitrogen and oxygen atoms in total. The normalized spacial score (nSPS) is 18.5. The highest BCUT2D eigenvalue weighted by molar-refractivity contribution is 7.91. The number of aromatic nitrogens is 2. The lowest BCUT2D eigenvalue weighted by Gasteiger charge is -2.10. The van der Waals surface area contributed by atoms with E-state index in [0.717, 1.165) is 5.69 Å². The highest BCUT2D eigenvalue weighted by Gasteiger charge is 2.31. The third-order valence-electron chi connectivity index (χ3n) is 4.15. The minimum atomic E-state index is -3.03. The summed E-state index contributed by atoms with van der Waals surface area (Å²) < 4.78 is 24.9. The van der Waals surface area contributed by atoms with E-state index in [-0.39, 0.29) is 29.1 Å². The molecule has 2 amide bonds. The van der Waals surface area contributed by atoms with Gasteiger partial charge in [-0.1, -0.05) is 6.07 Å². The van der Waals surface area contributed by atoms with Gasteiger partial charge in [0.25, 0.3) is 5.91 Å². The molecule has 0 saturated carbocycles. The maximum atomic E-state index is 12.5. The third-order valence-corrected chi connectivity index (χ3v) is 5.90. The molecule has 1 aliphatic rings. The predicted octanol–water partition coefficient (Wildman–Crippen LogP) is 1.76. The molecule has 2 aromatic rings. The van der Waals surface area contributed by atoms with Crippen LogP contribution in [-0.4, -0.2) is 41.5 Å². The zero-order chi connectivity index (χ0) is 18.9. The molecule has 138 valence electrons. The van der Waals surface area contributed by atoms with Gasteiger partial charge >= 0.3 is 0 Å². The van der Waals surface area contributed by atoms with Crippen LogP contribution < -0.4 is 10.6 Å². The van der Waals surface area contributed by atoms with Crippen molar-refractivity contribution in [1.82, 2.24) is 9.78 Å². The summed E-state index contributed by atoms with van der Waals surface area (Å²) in [7, 11) is -3.03. The molecular formula is C17H20N4O4S. The van der Waals surface area contributed by atoms with Gasteiger partial charge in [0, 0.05) is 24.0 Å². The molecule has 3 rings (SSSR count). The van der Waals surface area contributed by atoms with Crippen molar-refractivity contribution >= 4 is 33.0 Å². The van der Waals surface area contributed by atoms with Crippen LogP contribution in [-0.2, 0) is 14.6 Å². The first-order chi connectivity index (χ1) is 12.2. The van der Waals surface area contributed by atoms with Crippen LogP contribution >= 0.6 is 0 Å². The monoisotopic (exact) mass is 376 g/mol.